The minimum atomic E-state index is 0.327. The number of rotatable bonds is 3. The van der Waals surface area contributed by atoms with Gasteiger partial charge in [0.05, 0.1) is 0 Å². The SMILES string of the molecule is CC(N)C1CCN(C(C)c2cccc(Cl)c2)CC1. The number of benzene rings is 1. The maximum absolute atomic E-state index is 6.06. The Morgan fingerprint density at radius 1 is 1.28 bits per heavy atom. The van der Waals surface area contributed by atoms with Gasteiger partial charge in [-0.2, -0.15) is 0 Å². The van der Waals surface area contributed by atoms with E-state index in [0.29, 0.717) is 18.0 Å². The molecule has 2 unspecified atom stereocenters. The Bertz CT molecular complexity index is 384. The lowest BCUT2D eigenvalue weighted by atomic mass is 9.90. The summed E-state index contributed by atoms with van der Waals surface area (Å²) in [5, 5.41) is 0.824. The molecule has 1 aromatic rings. The molecule has 1 fully saturated rings. The van der Waals surface area contributed by atoms with E-state index < -0.39 is 0 Å². The summed E-state index contributed by atoms with van der Waals surface area (Å²) < 4.78 is 0. The van der Waals surface area contributed by atoms with E-state index >= 15 is 0 Å². The molecule has 0 aliphatic carbocycles. The molecule has 0 radical (unpaired) electrons. The van der Waals surface area contributed by atoms with E-state index in [1.165, 1.54) is 18.4 Å². The molecule has 1 heterocycles. The molecule has 1 saturated heterocycles. The van der Waals surface area contributed by atoms with E-state index in [0.717, 1.165) is 18.1 Å². The first-order valence-corrected chi connectivity index (χ1v) is 7.21. The van der Waals surface area contributed by atoms with Gasteiger partial charge in [0.15, 0.2) is 0 Å². The minimum Gasteiger partial charge on any atom is -0.328 e. The molecule has 1 aliphatic heterocycles. The van der Waals surface area contributed by atoms with E-state index in [-0.39, 0.29) is 0 Å². The average molecular weight is 267 g/mol. The van der Waals surface area contributed by atoms with Crippen LogP contribution >= 0.6 is 11.6 Å². The van der Waals surface area contributed by atoms with Gasteiger partial charge in [-0.05, 0) is 63.4 Å². The van der Waals surface area contributed by atoms with Crippen molar-refractivity contribution in [2.75, 3.05) is 13.1 Å². The van der Waals surface area contributed by atoms with Gasteiger partial charge < -0.3 is 5.73 Å². The molecule has 0 amide bonds. The highest BCUT2D eigenvalue weighted by Crippen LogP contribution is 2.28. The first-order valence-electron chi connectivity index (χ1n) is 6.83. The highest BCUT2D eigenvalue weighted by molar-refractivity contribution is 6.30. The highest BCUT2D eigenvalue weighted by Gasteiger charge is 2.25. The Morgan fingerprint density at radius 3 is 2.50 bits per heavy atom. The molecule has 18 heavy (non-hydrogen) atoms. The van der Waals surface area contributed by atoms with E-state index in [1.807, 2.05) is 12.1 Å². The zero-order chi connectivity index (χ0) is 13.1. The third kappa shape index (κ3) is 3.25. The van der Waals surface area contributed by atoms with Gasteiger partial charge in [-0.15, -0.1) is 0 Å². The molecule has 1 aromatic carbocycles. The summed E-state index contributed by atoms with van der Waals surface area (Å²) >= 11 is 6.06. The molecule has 100 valence electrons. The molecule has 0 bridgehead atoms. The molecule has 3 heteroatoms. The number of nitrogens with zero attached hydrogens (tertiary/aromatic N) is 1. The molecule has 2 N–H and O–H groups in total. The van der Waals surface area contributed by atoms with E-state index in [2.05, 4.69) is 30.9 Å². The van der Waals surface area contributed by atoms with Crippen molar-refractivity contribution in [3.8, 4) is 0 Å². The fourth-order valence-electron chi connectivity index (χ4n) is 2.81. The molecule has 0 aromatic heterocycles. The molecule has 2 nitrogen and oxygen atoms in total. The minimum absolute atomic E-state index is 0.327. The van der Waals surface area contributed by atoms with Gasteiger partial charge >= 0.3 is 0 Å². The Kier molecular flexibility index (Phi) is 4.66. The molecule has 2 rings (SSSR count). The van der Waals surface area contributed by atoms with Crippen LogP contribution in [-0.4, -0.2) is 24.0 Å². The van der Waals surface area contributed by atoms with Crippen molar-refractivity contribution in [2.24, 2.45) is 11.7 Å². The first-order chi connectivity index (χ1) is 8.58. The van der Waals surface area contributed by atoms with Crippen molar-refractivity contribution >= 4 is 11.6 Å². The predicted octanol–water partition coefficient (Wildman–Crippen LogP) is 3.46. The maximum atomic E-state index is 6.06. The van der Waals surface area contributed by atoms with Crippen LogP contribution in [0.4, 0.5) is 0 Å². The average Bonchev–Trinajstić information content (AvgIpc) is 2.38. The number of nitrogens with two attached hydrogens (primary N) is 1. The second-order valence-electron chi connectivity index (χ2n) is 5.46. The maximum Gasteiger partial charge on any atom is 0.0409 e. The first kappa shape index (κ1) is 13.9. The summed E-state index contributed by atoms with van der Waals surface area (Å²) in [6.45, 7) is 6.67. The number of likely N-dealkylation sites (tertiary alicyclic amines) is 1. The predicted molar refractivity (Wildman–Crippen MR) is 77.8 cm³/mol. The van der Waals surface area contributed by atoms with E-state index in [1.54, 1.807) is 0 Å². The van der Waals surface area contributed by atoms with Crippen molar-refractivity contribution in [2.45, 2.75) is 38.8 Å². The van der Waals surface area contributed by atoms with Crippen LogP contribution in [0.15, 0.2) is 24.3 Å². The second-order valence-corrected chi connectivity index (χ2v) is 5.90. The van der Waals surface area contributed by atoms with Gasteiger partial charge in [0, 0.05) is 17.1 Å². The Labute approximate surface area is 115 Å². The van der Waals surface area contributed by atoms with Crippen LogP contribution in [0.3, 0.4) is 0 Å². The van der Waals surface area contributed by atoms with Crippen molar-refractivity contribution < 1.29 is 0 Å². The lowest BCUT2D eigenvalue weighted by Crippen LogP contribution is -2.40. The van der Waals surface area contributed by atoms with Crippen LogP contribution in [0, 0.1) is 5.92 Å². The van der Waals surface area contributed by atoms with Crippen molar-refractivity contribution in [1.29, 1.82) is 0 Å². The highest BCUT2D eigenvalue weighted by atomic mass is 35.5. The number of halogens is 1. The second kappa shape index (κ2) is 6.05. The molecular formula is C15H23ClN2. The summed E-state index contributed by atoms with van der Waals surface area (Å²) in [5.41, 5.74) is 7.29. The van der Waals surface area contributed by atoms with Crippen LogP contribution < -0.4 is 5.73 Å². The lowest BCUT2D eigenvalue weighted by molar-refractivity contribution is 0.132. The summed E-state index contributed by atoms with van der Waals surface area (Å²) in [6.07, 6.45) is 2.42. The topological polar surface area (TPSA) is 29.3 Å². The summed E-state index contributed by atoms with van der Waals surface area (Å²) in [7, 11) is 0. The Hall–Kier alpha value is -0.570. The standard InChI is InChI=1S/C15H23ClN2/c1-11(17)13-6-8-18(9-7-13)12(2)14-4-3-5-15(16)10-14/h3-5,10-13H,6-9,17H2,1-2H3. The van der Waals surface area contributed by atoms with Crippen molar-refractivity contribution in [1.82, 2.24) is 4.90 Å². The summed E-state index contributed by atoms with van der Waals surface area (Å²) in [6, 6.07) is 8.97. The van der Waals surface area contributed by atoms with Crippen LogP contribution in [0.2, 0.25) is 5.02 Å². The van der Waals surface area contributed by atoms with Gasteiger partial charge in [-0.1, -0.05) is 23.7 Å². The molecule has 0 spiro atoms. The number of hydrogen-bond donors (Lipinski definition) is 1. The molecular weight excluding hydrogens is 244 g/mol. The molecule has 0 saturated carbocycles. The van der Waals surface area contributed by atoms with E-state index in [4.69, 9.17) is 17.3 Å². The summed E-state index contributed by atoms with van der Waals surface area (Å²) in [4.78, 5) is 2.53. The van der Waals surface area contributed by atoms with Crippen LogP contribution in [-0.2, 0) is 0 Å². The Morgan fingerprint density at radius 2 is 1.94 bits per heavy atom. The van der Waals surface area contributed by atoms with Gasteiger partial charge in [0.1, 0.15) is 0 Å². The zero-order valence-electron chi connectivity index (χ0n) is 11.3. The van der Waals surface area contributed by atoms with Crippen LogP contribution in [0.1, 0.15) is 38.3 Å². The van der Waals surface area contributed by atoms with Crippen molar-refractivity contribution in [3.63, 3.8) is 0 Å². The third-order valence-corrected chi connectivity index (χ3v) is 4.43. The Balaban J connectivity index is 1.97. The third-order valence-electron chi connectivity index (χ3n) is 4.20. The number of hydrogen-bond acceptors (Lipinski definition) is 2. The molecule has 2 atom stereocenters. The smallest absolute Gasteiger partial charge is 0.0409 e. The largest absolute Gasteiger partial charge is 0.328 e. The van der Waals surface area contributed by atoms with Crippen LogP contribution in [0.25, 0.3) is 0 Å². The molecule has 1 aliphatic rings. The van der Waals surface area contributed by atoms with Crippen molar-refractivity contribution in [3.05, 3.63) is 34.9 Å². The summed E-state index contributed by atoms with van der Waals surface area (Å²) in [5.74, 6) is 0.688. The van der Waals surface area contributed by atoms with Gasteiger partial charge in [-0.3, -0.25) is 4.90 Å². The quantitative estimate of drug-likeness (QED) is 0.908. The fraction of sp³-hybridized carbons (Fsp3) is 0.600. The zero-order valence-corrected chi connectivity index (χ0v) is 12.0. The van der Waals surface area contributed by atoms with Crippen LogP contribution in [0.5, 0.6) is 0 Å². The number of piperidine rings is 1. The normalized spacial score (nSPS) is 21.8. The van der Waals surface area contributed by atoms with E-state index in [9.17, 15) is 0 Å². The fourth-order valence-corrected chi connectivity index (χ4v) is 3.01. The lowest BCUT2D eigenvalue weighted by Gasteiger charge is -2.37. The monoisotopic (exact) mass is 266 g/mol. The van der Waals surface area contributed by atoms with Gasteiger partial charge in [0.2, 0.25) is 0 Å². The van der Waals surface area contributed by atoms with Gasteiger partial charge in [0.25, 0.3) is 0 Å². The van der Waals surface area contributed by atoms with Gasteiger partial charge in [-0.25, -0.2) is 0 Å².